The van der Waals surface area contributed by atoms with Gasteiger partial charge in [-0.25, -0.2) is 9.97 Å². The summed E-state index contributed by atoms with van der Waals surface area (Å²) in [6.45, 7) is 4.12. The van der Waals surface area contributed by atoms with E-state index in [4.69, 9.17) is 5.73 Å². The van der Waals surface area contributed by atoms with E-state index in [0.717, 1.165) is 34.0 Å². The van der Waals surface area contributed by atoms with Crippen molar-refractivity contribution in [3.05, 3.63) is 16.8 Å². The van der Waals surface area contributed by atoms with Gasteiger partial charge in [-0.15, -0.1) is 11.3 Å². The minimum absolute atomic E-state index is 0.272. The largest absolute Gasteiger partial charge is 0.369 e. The number of nitrogens with zero attached hydrogens (tertiary/aromatic N) is 2. The summed E-state index contributed by atoms with van der Waals surface area (Å²) in [4.78, 5) is 22.5. The maximum absolute atomic E-state index is 11.3. The van der Waals surface area contributed by atoms with Gasteiger partial charge in [0, 0.05) is 10.3 Å². The minimum Gasteiger partial charge on any atom is -0.369 e. The molecule has 0 saturated heterocycles. The monoisotopic (exact) mass is 307 g/mol. The molecule has 0 aromatic carbocycles. The summed E-state index contributed by atoms with van der Waals surface area (Å²) in [6, 6.07) is 0. The van der Waals surface area contributed by atoms with E-state index in [1.165, 1.54) is 28.6 Å². The highest BCUT2D eigenvalue weighted by atomic mass is 32.2. The zero-order valence-electron chi connectivity index (χ0n) is 11.5. The molecule has 2 aromatic heterocycles. The fourth-order valence-corrected chi connectivity index (χ4v) is 4.87. The van der Waals surface area contributed by atoms with Gasteiger partial charge in [-0.3, -0.25) is 4.79 Å². The normalized spacial score (nSPS) is 19.8. The molecule has 4 nitrogen and oxygen atoms in total. The first-order valence-corrected chi connectivity index (χ1v) is 8.47. The highest BCUT2D eigenvalue weighted by molar-refractivity contribution is 8.00. The first kappa shape index (κ1) is 13.8. The number of hydrogen-bond acceptors (Lipinski definition) is 5. The molecule has 3 rings (SSSR count). The lowest BCUT2D eigenvalue weighted by molar-refractivity contribution is -0.117. The van der Waals surface area contributed by atoms with Crippen molar-refractivity contribution in [3.63, 3.8) is 0 Å². The summed E-state index contributed by atoms with van der Waals surface area (Å²) in [6.07, 6.45) is 5.02. The van der Waals surface area contributed by atoms with Crippen LogP contribution in [0.3, 0.4) is 0 Å². The molecule has 2 atom stereocenters. The van der Waals surface area contributed by atoms with Gasteiger partial charge in [0.1, 0.15) is 16.2 Å². The third-order valence-corrected chi connectivity index (χ3v) is 6.03. The molecule has 1 amide bonds. The van der Waals surface area contributed by atoms with Crippen LogP contribution in [0.2, 0.25) is 0 Å². The molecule has 0 fully saturated rings. The van der Waals surface area contributed by atoms with Gasteiger partial charge in [-0.05, 0) is 37.7 Å². The second-order valence-corrected chi connectivity index (χ2v) is 7.79. The van der Waals surface area contributed by atoms with Gasteiger partial charge in [0.25, 0.3) is 0 Å². The lowest BCUT2D eigenvalue weighted by Gasteiger charge is -2.18. The first-order chi connectivity index (χ1) is 9.56. The number of primary amides is 1. The van der Waals surface area contributed by atoms with Crippen molar-refractivity contribution < 1.29 is 4.79 Å². The van der Waals surface area contributed by atoms with Gasteiger partial charge >= 0.3 is 0 Å². The number of hydrogen-bond donors (Lipinski definition) is 1. The predicted octanol–water partition coefficient (Wildman–Crippen LogP) is 2.78. The van der Waals surface area contributed by atoms with Gasteiger partial charge < -0.3 is 5.73 Å². The van der Waals surface area contributed by atoms with Crippen molar-refractivity contribution in [1.29, 1.82) is 0 Å². The standard InChI is InChI=1S/C14H17N3OS2/c1-7-3-4-9-10(5-7)20-14-11(9)13(16-6-17-14)19-8(2)12(15)18/h6-8H,3-5H2,1-2H3,(H2,15,18)/t7-,8-/m1/s1. The van der Waals surface area contributed by atoms with E-state index in [0.29, 0.717) is 0 Å². The van der Waals surface area contributed by atoms with Crippen molar-refractivity contribution in [2.24, 2.45) is 11.7 Å². The quantitative estimate of drug-likeness (QED) is 0.699. The number of carbonyl (C=O) groups is 1. The van der Waals surface area contributed by atoms with E-state index >= 15 is 0 Å². The highest BCUT2D eigenvalue weighted by Gasteiger charge is 2.24. The summed E-state index contributed by atoms with van der Waals surface area (Å²) < 4.78 is 0. The molecule has 106 valence electrons. The Kier molecular flexibility index (Phi) is 3.69. The van der Waals surface area contributed by atoms with E-state index in [9.17, 15) is 4.79 Å². The number of carbonyl (C=O) groups excluding carboxylic acids is 1. The van der Waals surface area contributed by atoms with E-state index in [1.54, 1.807) is 17.7 Å². The molecule has 0 saturated carbocycles. The Morgan fingerprint density at radius 2 is 2.35 bits per heavy atom. The van der Waals surface area contributed by atoms with Crippen LogP contribution in [0.25, 0.3) is 10.2 Å². The van der Waals surface area contributed by atoms with Crippen molar-refractivity contribution in [3.8, 4) is 0 Å². The number of amides is 1. The zero-order chi connectivity index (χ0) is 14.3. The SMILES string of the molecule is C[C@@H]1CCc2c(sc3ncnc(S[C@H](C)C(N)=O)c23)C1. The molecule has 2 N–H and O–H groups in total. The van der Waals surface area contributed by atoms with Crippen LogP contribution in [0.15, 0.2) is 11.4 Å². The lowest BCUT2D eigenvalue weighted by Crippen LogP contribution is -2.22. The van der Waals surface area contributed by atoms with E-state index < -0.39 is 0 Å². The minimum atomic E-state index is -0.306. The van der Waals surface area contributed by atoms with Crippen molar-refractivity contribution in [1.82, 2.24) is 9.97 Å². The second-order valence-electron chi connectivity index (χ2n) is 5.37. The fourth-order valence-electron chi connectivity index (χ4n) is 2.56. The first-order valence-electron chi connectivity index (χ1n) is 6.77. The Morgan fingerprint density at radius 3 is 3.10 bits per heavy atom. The van der Waals surface area contributed by atoms with E-state index in [2.05, 4.69) is 16.9 Å². The predicted molar refractivity (Wildman–Crippen MR) is 83.1 cm³/mol. The summed E-state index contributed by atoms with van der Waals surface area (Å²) in [5, 5.41) is 1.78. The van der Waals surface area contributed by atoms with Crippen molar-refractivity contribution in [2.45, 2.75) is 43.4 Å². The van der Waals surface area contributed by atoms with Crippen LogP contribution in [-0.4, -0.2) is 21.1 Å². The van der Waals surface area contributed by atoms with Gasteiger partial charge in [0.2, 0.25) is 5.91 Å². The Balaban J connectivity index is 2.07. The maximum Gasteiger partial charge on any atom is 0.230 e. The number of aromatic nitrogens is 2. The van der Waals surface area contributed by atoms with Gasteiger partial charge in [0.05, 0.1) is 5.25 Å². The van der Waals surface area contributed by atoms with Crippen LogP contribution in [-0.2, 0) is 17.6 Å². The number of nitrogens with two attached hydrogens (primary N) is 1. The molecular formula is C14H17N3OS2. The summed E-state index contributed by atoms with van der Waals surface area (Å²) in [7, 11) is 0. The molecule has 0 unspecified atom stereocenters. The molecule has 20 heavy (non-hydrogen) atoms. The third-order valence-electron chi connectivity index (χ3n) is 3.75. The summed E-state index contributed by atoms with van der Waals surface area (Å²) >= 11 is 3.21. The average molecular weight is 307 g/mol. The molecule has 0 aliphatic heterocycles. The van der Waals surface area contributed by atoms with Gasteiger partial charge in [-0.1, -0.05) is 18.7 Å². The molecule has 0 bridgehead atoms. The average Bonchev–Trinajstić information content (AvgIpc) is 2.76. The molecule has 0 spiro atoms. The Hall–Kier alpha value is -1.14. The fraction of sp³-hybridized carbons (Fsp3) is 0.500. The highest BCUT2D eigenvalue weighted by Crippen LogP contribution is 2.41. The third kappa shape index (κ3) is 2.42. The molecule has 2 heterocycles. The molecule has 0 radical (unpaired) electrons. The van der Waals surface area contributed by atoms with Crippen LogP contribution in [0.4, 0.5) is 0 Å². The molecule has 1 aliphatic carbocycles. The molecular weight excluding hydrogens is 290 g/mol. The lowest BCUT2D eigenvalue weighted by atomic mass is 9.89. The number of thiophene rings is 1. The van der Waals surface area contributed by atoms with Crippen LogP contribution < -0.4 is 5.73 Å². The summed E-state index contributed by atoms with van der Waals surface area (Å²) in [5.41, 5.74) is 6.75. The van der Waals surface area contributed by atoms with Crippen molar-refractivity contribution >= 4 is 39.2 Å². The summed E-state index contributed by atoms with van der Waals surface area (Å²) in [5.74, 6) is 0.434. The van der Waals surface area contributed by atoms with E-state index in [-0.39, 0.29) is 11.2 Å². The second kappa shape index (κ2) is 5.33. The molecule has 6 heteroatoms. The van der Waals surface area contributed by atoms with Crippen LogP contribution in [0, 0.1) is 5.92 Å². The Labute approximate surface area is 126 Å². The number of rotatable bonds is 3. The van der Waals surface area contributed by atoms with Crippen LogP contribution >= 0.6 is 23.1 Å². The number of thioether (sulfide) groups is 1. The topological polar surface area (TPSA) is 68.9 Å². The number of fused-ring (bicyclic) bond motifs is 3. The Bertz CT molecular complexity index is 668. The van der Waals surface area contributed by atoms with E-state index in [1.807, 2.05) is 6.92 Å². The van der Waals surface area contributed by atoms with Gasteiger partial charge in [0.15, 0.2) is 0 Å². The van der Waals surface area contributed by atoms with Crippen molar-refractivity contribution in [2.75, 3.05) is 0 Å². The molecule has 1 aliphatic rings. The van der Waals surface area contributed by atoms with Crippen LogP contribution in [0.5, 0.6) is 0 Å². The Morgan fingerprint density at radius 1 is 1.55 bits per heavy atom. The van der Waals surface area contributed by atoms with Crippen LogP contribution in [0.1, 0.15) is 30.7 Å². The number of aryl methyl sites for hydroxylation is 1. The maximum atomic E-state index is 11.3. The zero-order valence-corrected chi connectivity index (χ0v) is 13.2. The smallest absolute Gasteiger partial charge is 0.230 e. The van der Waals surface area contributed by atoms with Gasteiger partial charge in [-0.2, -0.15) is 0 Å². The molecule has 2 aromatic rings.